The quantitative estimate of drug-likeness (QED) is 0.624. The summed E-state index contributed by atoms with van der Waals surface area (Å²) in [6.07, 6.45) is 7.22. The van der Waals surface area contributed by atoms with Crippen LogP contribution in [0.1, 0.15) is 48.9 Å². The van der Waals surface area contributed by atoms with Gasteiger partial charge in [0.25, 0.3) is 5.91 Å². The van der Waals surface area contributed by atoms with Gasteiger partial charge in [-0.15, -0.1) is 6.58 Å². The fourth-order valence-electron chi connectivity index (χ4n) is 4.55. The summed E-state index contributed by atoms with van der Waals surface area (Å²) in [6, 6.07) is 6.19. The monoisotopic (exact) mass is 427 g/mol. The highest BCUT2D eigenvalue weighted by molar-refractivity contribution is 5.98. The third-order valence-electron chi connectivity index (χ3n) is 6.35. The maximum atomic E-state index is 12.9. The third-order valence-corrected chi connectivity index (χ3v) is 6.35. The number of carbonyl (C=O) groups excluding carboxylic acids is 3. The zero-order chi connectivity index (χ0) is 22.2. The number of rotatable bonds is 8. The minimum Gasteiger partial charge on any atom is -0.497 e. The van der Waals surface area contributed by atoms with E-state index >= 15 is 0 Å². The van der Waals surface area contributed by atoms with Crippen LogP contribution in [0.2, 0.25) is 0 Å². The van der Waals surface area contributed by atoms with E-state index in [2.05, 4.69) is 17.2 Å². The molecule has 2 N–H and O–H groups in total. The molecular weight excluding hydrogens is 394 g/mol. The smallest absolute Gasteiger partial charge is 0.252 e. The van der Waals surface area contributed by atoms with E-state index in [1.807, 2.05) is 4.90 Å². The predicted octanol–water partition coefficient (Wildman–Crippen LogP) is 2.52. The first-order chi connectivity index (χ1) is 15.0. The topological polar surface area (TPSA) is 87.7 Å². The Morgan fingerprint density at radius 3 is 2.55 bits per heavy atom. The standard InChI is InChI=1S/C24H33N3O4/c1-3-13-25-23(29)21(26-22(28)19-9-6-10-20(16-19)31-2)17-11-14-27(15-12-17)24(30)18-7-4-5-8-18/h3,6,9-10,16-18,21H,1,4-5,7-8,11-15H2,2H3,(H,25,29)(H,26,28). The Morgan fingerprint density at radius 2 is 1.90 bits per heavy atom. The minimum absolute atomic E-state index is 0.0352. The molecule has 0 spiro atoms. The van der Waals surface area contributed by atoms with Crippen LogP contribution in [-0.2, 0) is 9.59 Å². The molecule has 1 aliphatic heterocycles. The number of nitrogens with zero attached hydrogens (tertiary/aromatic N) is 1. The van der Waals surface area contributed by atoms with Crippen molar-refractivity contribution in [1.82, 2.24) is 15.5 Å². The second-order valence-corrected chi connectivity index (χ2v) is 8.36. The molecule has 0 bridgehead atoms. The lowest BCUT2D eigenvalue weighted by molar-refractivity contribution is -0.137. The van der Waals surface area contributed by atoms with Crippen molar-refractivity contribution in [2.45, 2.75) is 44.6 Å². The van der Waals surface area contributed by atoms with Crippen LogP contribution in [0.15, 0.2) is 36.9 Å². The molecule has 1 unspecified atom stereocenters. The van der Waals surface area contributed by atoms with Gasteiger partial charge in [0, 0.05) is 31.1 Å². The molecule has 7 nitrogen and oxygen atoms in total. The summed E-state index contributed by atoms with van der Waals surface area (Å²) in [4.78, 5) is 40.4. The van der Waals surface area contributed by atoms with E-state index in [1.54, 1.807) is 37.5 Å². The van der Waals surface area contributed by atoms with Gasteiger partial charge in [-0.1, -0.05) is 25.0 Å². The van der Waals surface area contributed by atoms with E-state index in [4.69, 9.17) is 4.74 Å². The highest BCUT2D eigenvalue weighted by atomic mass is 16.5. The molecule has 1 aromatic carbocycles. The van der Waals surface area contributed by atoms with Gasteiger partial charge in [-0.2, -0.15) is 0 Å². The van der Waals surface area contributed by atoms with E-state index < -0.39 is 6.04 Å². The number of ether oxygens (including phenoxy) is 1. The number of benzene rings is 1. The zero-order valence-electron chi connectivity index (χ0n) is 18.3. The molecule has 1 saturated carbocycles. The molecule has 7 heteroatoms. The van der Waals surface area contributed by atoms with Crippen molar-refractivity contribution < 1.29 is 19.1 Å². The number of amides is 3. The summed E-state index contributed by atoms with van der Waals surface area (Å²) >= 11 is 0. The van der Waals surface area contributed by atoms with E-state index in [9.17, 15) is 14.4 Å². The zero-order valence-corrected chi connectivity index (χ0v) is 18.3. The molecule has 1 atom stereocenters. The Labute approximate surface area is 184 Å². The van der Waals surface area contributed by atoms with E-state index in [-0.39, 0.29) is 29.6 Å². The van der Waals surface area contributed by atoms with Crippen molar-refractivity contribution in [1.29, 1.82) is 0 Å². The summed E-state index contributed by atoms with van der Waals surface area (Å²) in [5.74, 6) is 0.421. The summed E-state index contributed by atoms with van der Waals surface area (Å²) in [6.45, 7) is 5.23. The summed E-state index contributed by atoms with van der Waals surface area (Å²) in [7, 11) is 1.54. The molecule has 31 heavy (non-hydrogen) atoms. The Bertz CT molecular complexity index is 796. The van der Waals surface area contributed by atoms with Crippen LogP contribution in [0, 0.1) is 11.8 Å². The van der Waals surface area contributed by atoms with Crippen molar-refractivity contribution in [3.8, 4) is 5.75 Å². The van der Waals surface area contributed by atoms with Crippen LogP contribution < -0.4 is 15.4 Å². The van der Waals surface area contributed by atoms with Crippen LogP contribution in [0.5, 0.6) is 5.75 Å². The Balaban J connectivity index is 1.66. The van der Waals surface area contributed by atoms with Gasteiger partial charge >= 0.3 is 0 Å². The number of methoxy groups -OCH3 is 1. The van der Waals surface area contributed by atoms with Gasteiger partial charge in [-0.25, -0.2) is 0 Å². The van der Waals surface area contributed by atoms with Gasteiger partial charge in [0.1, 0.15) is 11.8 Å². The largest absolute Gasteiger partial charge is 0.497 e. The second-order valence-electron chi connectivity index (χ2n) is 8.36. The second kappa shape index (κ2) is 11.0. The van der Waals surface area contributed by atoms with E-state index in [0.717, 1.165) is 25.7 Å². The Morgan fingerprint density at radius 1 is 1.19 bits per heavy atom. The van der Waals surface area contributed by atoms with Gasteiger partial charge < -0.3 is 20.3 Å². The number of hydrogen-bond donors (Lipinski definition) is 2. The van der Waals surface area contributed by atoms with Crippen LogP contribution in [0.3, 0.4) is 0 Å². The van der Waals surface area contributed by atoms with Crippen molar-refractivity contribution in [2.24, 2.45) is 11.8 Å². The van der Waals surface area contributed by atoms with Crippen LogP contribution in [0.25, 0.3) is 0 Å². The predicted molar refractivity (Wildman–Crippen MR) is 119 cm³/mol. The van der Waals surface area contributed by atoms with Crippen molar-refractivity contribution in [3.63, 3.8) is 0 Å². The maximum absolute atomic E-state index is 12.9. The van der Waals surface area contributed by atoms with Crippen LogP contribution in [-0.4, -0.2) is 55.4 Å². The molecule has 2 aliphatic rings. The number of hydrogen-bond acceptors (Lipinski definition) is 4. The summed E-state index contributed by atoms with van der Waals surface area (Å²) in [5.41, 5.74) is 0.440. The maximum Gasteiger partial charge on any atom is 0.252 e. The Hall–Kier alpha value is -2.83. The normalized spacial score (nSPS) is 18.3. The summed E-state index contributed by atoms with van der Waals surface area (Å²) < 4.78 is 5.20. The Kier molecular flexibility index (Phi) is 8.09. The number of nitrogens with one attached hydrogen (secondary N) is 2. The third kappa shape index (κ3) is 5.87. The molecular formula is C24H33N3O4. The fourth-order valence-corrected chi connectivity index (χ4v) is 4.55. The molecule has 3 amide bonds. The number of piperidine rings is 1. The van der Waals surface area contributed by atoms with Gasteiger partial charge in [0.15, 0.2) is 0 Å². The molecule has 0 radical (unpaired) electrons. The first-order valence-corrected chi connectivity index (χ1v) is 11.2. The van der Waals surface area contributed by atoms with Gasteiger partial charge in [-0.3, -0.25) is 14.4 Å². The van der Waals surface area contributed by atoms with Crippen molar-refractivity contribution in [3.05, 3.63) is 42.5 Å². The average molecular weight is 428 g/mol. The van der Waals surface area contributed by atoms with Crippen LogP contribution >= 0.6 is 0 Å². The molecule has 1 aromatic rings. The molecule has 168 valence electrons. The SMILES string of the molecule is C=CCNC(=O)C(NC(=O)c1cccc(OC)c1)C1CCN(C(=O)C2CCCC2)CC1. The summed E-state index contributed by atoms with van der Waals surface area (Å²) in [5, 5.41) is 5.73. The first kappa shape index (κ1) is 22.8. The van der Waals surface area contributed by atoms with Gasteiger partial charge in [0.2, 0.25) is 11.8 Å². The number of likely N-dealkylation sites (tertiary alicyclic amines) is 1. The van der Waals surface area contributed by atoms with Gasteiger partial charge in [-0.05, 0) is 49.8 Å². The molecule has 3 rings (SSSR count). The highest BCUT2D eigenvalue weighted by Gasteiger charge is 2.35. The van der Waals surface area contributed by atoms with Crippen molar-refractivity contribution >= 4 is 17.7 Å². The molecule has 1 aliphatic carbocycles. The van der Waals surface area contributed by atoms with E-state index in [0.29, 0.717) is 43.8 Å². The molecule has 0 aromatic heterocycles. The molecule has 1 saturated heterocycles. The van der Waals surface area contributed by atoms with Gasteiger partial charge in [0.05, 0.1) is 7.11 Å². The van der Waals surface area contributed by atoms with E-state index in [1.165, 1.54) is 0 Å². The lowest BCUT2D eigenvalue weighted by Gasteiger charge is -2.36. The average Bonchev–Trinajstić information content (AvgIpc) is 3.35. The first-order valence-electron chi connectivity index (χ1n) is 11.2. The van der Waals surface area contributed by atoms with Crippen LogP contribution in [0.4, 0.5) is 0 Å². The number of carbonyl (C=O) groups is 3. The minimum atomic E-state index is -0.664. The lowest BCUT2D eigenvalue weighted by Crippen LogP contribution is -2.54. The molecule has 2 fully saturated rings. The fraction of sp³-hybridized carbons (Fsp3) is 0.542. The lowest BCUT2D eigenvalue weighted by atomic mass is 9.87. The molecule has 1 heterocycles. The van der Waals surface area contributed by atoms with Crippen molar-refractivity contribution in [2.75, 3.05) is 26.7 Å². The highest BCUT2D eigenvalue weighted by Crippen LogP contribution is 2.29.